The molecule has 0 unspecified atom stereocenters. The monoisotopic (exact) mass is 550 g/mol. The minimum Gasteiger partial charge on any atom is -0.423 e. The van der Waals surface area contributed by atoms with Gasteiger partial charge in [-0.2, -0.15) is 10.5 Å². The van der Waals surface area contributed by atoms with Crippen LogP contribution in [0.15, 0.2) is 84.9 Å². The van der Waals surface area contributed by atoms with Crippen LogP contribution in [-0.2, 0) is 12.8 Å². The van der Waals surface area contributed by atoms with Gasteiger partial charge in [0.1, 0.15) is 35.3 Å². The Labute approximate surface area is 236 Å². The van der Waals surface area contributed by atoms with E-state index in [0.29, 0.717) is 11.1 Å². The smallest absolute Gasteiger partial charge is 0.343 e. The highest BCUT2D eigenvalue weighted by atomic mass is 19.1. The number of halogens is 2. The molecule has 6 nitrogen and oxygen atoms in total. The van der Waals surface area contributed by atoms with E-state index in [1.807, 2.05) is 24.3 Å². The molecule has 0 heterocycles. The van der Waals surface area contributed by atoms with Crippen molar-refractivity contribution in [3.8, 4) is 23.6 Å². The topological polar surface area (TPSA) is 100 Å². The first kappa shape index (κ1) is 28.7. The Kier molecular flexibility index (Phi) is 9.53. The summed E-state index contributed by atoms with van der Waals surface area (Å²) in [6, 6.07) is 24.8. The lowest BCUT2D eigenvalue weighted by atomic mass is 10.0. The van der Waals surface area contributed by atoms with Crippen LogP contribution in [0, 0.1) is 34.3 Å². The highest BCUT2D eigenvalue weighted by molar-refractivity contribution is 5.91. The van der Waals surface area contributed by atoms with Crippen LogP contribution in [0.1, 0.15) is 62.2 Å². The molecule has 4 rings (SSSR count). The summed E-state index contributed by atoms with van der Waals surface area (Å²) in [4.78, 5) is 24.7. The van der Waals surface area contributed by atoms with E-state index in [-0.39, 0.29) is 22.6 Å². The zero-order valence-electron chi connectivity index (χ0n) is 21.9. The molecule has 41 heavy (non-hydrogen) atoms. The molecule has 4 aromatic rings. The molecule has 0 saturated heterocycles. The third-order valence-corrected chi connectivity index (χ3v) is 6.35. The third kappa shape index (κ3) is 7.84. The lowest BCUT2D eigenvalue weighted by molar-refractivity contribution is 0.0724. The van der Waals surface area contributed by atoms with E-state index in [4.69, 9.17) is 20.0 Å². The lowest BCUT2D eigenvalue weighted by Crippen LogP contribution is -2.08. The molecule has 4 aromatic carbocycles. The fourth-order valence-corrected chi connectivity index (χ4v) is 4.08. The molecule has 0 aromatic heterocycles. The molecule has 0 fully saturated rings. The van der Waals surface area contributed by atoms with Crippen LogP contribution in [-0.4, -0.2) is 11.9 Å². The Bertz CT molecular complexity index is 1510. The van der Waals surface area contributed by atoms with Gasteiger partial charge in [-0.15, -0.1) is 0 Å². The number of rotatable bonds is 10. The van der Waals surface area contributed by atoms with Gasteiger partial charge in [0.05, 0.1) is 22.3 Å². The lowest BCUT2D eigenvalue weighted by Gasteiger charge is -2.07. The SMILES string of the molecule is N#Cc1ccc(OC(=O)c2ccc(CCCCCc3ccc(C(=O)Oc4ccc(C#N)c(F)c4)cc3)cc2)cc1F. The van der Waals surface area contributed by atoms with Crippen LogP contribution in [0.4, 0.5) is 8.78 Å². The normalized spacial score (nSPS) is 10.3. The molecule has 204 valence electrons. The highest BCUT2D eigenvalue weighted by Gasteiger charge is 2.12. The molecule has 0 aliphatic heterocycles. The van der Waals surface area contributed by atoms with Crippen molar-refractivity contribution in [1.82, 2.24) is 0 Å². The second-order valence-electron chi connectivity index (χ2n) is 9.24. The van der Waals surface area contributed by atoms with E-state index in [2.05, 4.69) is 0 Å². The van der Waals surface area contributed by atoms with Crippen molar-refractivity contribution >= 4 is 11.9 Å². The minimum atomic E-state index is -0.746. The van der Waals surface area contributed by atoms with Gasteiger partial charge in [-0.05, 0) is 85.3 Å². The number of nitrogens with zero attached hydrogens (tertiary/aromatic N) is 2. The van der Waals surface area contributed by atoms with Crippen LogP contribution in [0.5, 0.6) is 11.5 Å². The number of hydrogen-bond donors (Lipinski definition) is 0. The predicted octanol–water partition coefficient (Wildman–Crippen LogP) is 7.10. The molecule has 8 heteroatoms. The predicted molar refractivity (Wildman–Crippen MR) is 146 cm³/mol. The summed E-state index contributed by atoms with van der Waals surface area (Å²) >= 11 is 0. The maximum Gasteiger partial charge on any atom is 0.343 e. The van der Waals surface area contributed by atoms with Crippen molar-refractivity contribution in [2.45, 2.75) is 32.1 Å². The second-order valence-corrected chi connectivity index (χ2v) is 9.24. The summed E-state index contributed by atoms with van der Waals surface area (Å²) in [5.74, 6) is -2.64. The number of carbonyl (C=O) groups is 2. The fraction of sp³-hybridized carbons (Fsp3) is 0.152. The summed E-state index contributed by atoms with van der Waals surface area (Å²) in [6.45, 7) is 0. The van der Waals surface area contributed by atoms with Crippen molar-refractivity contribution in [3.05, 3.63) is 130 Å². The maximum absolute atomic E-state index is 13.7. The number of benzene rings is 4. The molecule has 0 saturated carbocycles. The molecule has 0 atom stereocenters. The largest absolute Gasteiger partial charge is 0.423 e. The maximum atomic E-state index is 13.7. The van der Waals surface area contributed by atoms with E-state index in [0.717, 1.165) is 55.4 Å². The summed E-state index contributed by atoms with van der Waals surface area (Å²) in [5, 5.41) is 17.6. The van der Waals surface area contributed by atoms with E-state index >= 15 is 0 Å². The molecule has 0 amide bonds. The Morgan fingerprint density at radius 1 is 0.585 bits per heavy atom. The number of aryl methyl sites for hydroxylation is 2. The molecule has 0 N–H and O–H groups in total. The van der Waals surface area contributed by atoms with Crippen LogP contribution < -0.4 is 9.47 Å². The van der Waals surface area contributed by atoms with Crippen molar-refractivity contribution in [3.63, 3.8) is 0 Å². The third-order valence-electron chi connectivity index (χ3n) is 6.35. The molecular formula is C33H24F2N2O4. The van der Waals surface area contributed by atoms with Crippen molar-refractivity contribution < 1.29 is 27.8 Å². The van der Waals surface area contributed by atoms with Gasteiger partial charge in [0.15, 0.2) is 0 Å². The molecule has 0 spiro atoms. The van der Waals surface area contributed by atoms with Crippen LogP contribution in [0.3, 0.4) is 0 Å². The first-order valence-corrected chi connectivity index (χ1v) is 12.9. The number of carbonyl (C=O) groups excluding carboxylic acids is 2. The number of unbranched alkanes of at least 4 members (excludes halogenated alkanes) is 2. The Hall–Kier alpha value is -5.34. The molecule has 0 aliphatic rings. The van der Waals surface area contributed by atoms with Crippen molar-refractivity contribution in [1.29, 1.82) is 10.5 Å². The standard InChI is InChI=1S/C33H24F2N2O4/c34-30-18-28(16-14-26(30)20-36)40-32(38)24-10-6-22(7-11-24)4-2-1-3-5-23-8-12-25(13-9-23)33(39)41-29-17-15-27(21-37)31(35)19-29/h6-19H,1-5H2. The van der Waals surface area contributed by atoms with E-state index in [1.54, 1.807) is 36.4 Å². The number of ether oxygens (including phenoxy) is 2. The van der Waals surface area contributed by atoms with Gasteiger partial charge in [0.2, 0.25) is 0 Å². The molecular weight excluding hydrogens is 526 g/mol. The molecule has 0 radical (unpaired) electrons. The number of nitriles is 2. The van der Waals surface area contributed by atoms with Crippen molar-refractivity contribution in [2.75, 3.05) is 0 Å². The Morgan fingerprint density at radius 3 is 1.32 bits per heavy atom. The van der Waals surface area contributed by atoms with Crippen LogP contribution in [0.2, 0.25) is 0 Å². The number of esters is 2. The van der Waals surface area contributed by atoms with Crippen molar-refractivity contribution in [2.24, 2.45) is 0 Å². The molecule has 0 aliphatic carbocycles. The van der Waals surface area contributed by atoms with Gasteiger partial charge in [-0.25, -0.2) is 18.4 Å². The highest BCUT2D eigenvalue weighted by Crippen LogP contribution is 2.20. The first-order valence-electron chi connectivity index (χ1n) is 12.9. The average molecular weight is 551 g/mol. The zero-order valence-corrected chi connectivity index (χ0v) is 21.9. The van der Waals surface area contributed by atoms with E-state index < -0.39 is 23.6 Å². The first-order chi connectivity index (χ1) is 19.9. The van der Waals surface area contributed by atoms with Gasteiger partial charge < -0.3 is 9.47 Å². The minimum absolute atomic E-state index is 0.0323. The fourth-order valence-electron chi connectivity index (χ4n) is 4.08. The van der Waals surface area contributed by atoms with Gasteiger partial charge in [-0.1, -0.05) is 30.7 Å². The van der Waals surface area contributed by atoms with Gasteiger partial charge in [0, 0.05) is 12.1 Å². The number of hydrogen-bond acceptors (Lipinski definition) is 6. The summed E-state index contributed by atoms with van der Waals surface area (Å²) in [5.41, 5.74) is 2.60. The Morgan fingerprint density at radius 2 is 0.976 bits per heavy atom. The zero-order chi connectivity index (χ0) is 29.2. The summed E-state index contributed by atoms with van der Waals surface area (Å²) < 4.78 is 37.8. The van der Waals surface area contributed by atoms with Gasteiger partial charge >= 0.3 is 11.9 Å². The quantitative estimate of drug-likeness (QED) is 0.119. The summed E-state index contributed by atoms with van der Waals surface area (Å²) in [7, 11) is 0. The van der Waals surface area contributed by atoms with Gasteiger partial charge in [0.25, 0.3) is 0 Å². The van der Waals surface area contributed by atoms with E-state index in [9.17, 15) is 18.4 Å². The Balaban J connectivity index is 1.18. The second kappa shape index (κ2) is 13.6. The molecule has 0 bridgehead atoms. The van der Waals surface area contributed by atoms with Gasteiger partial charge in [-0.3, -0.25) is 0 Å². The van der Waals surface area contributed by atoms with Crippen LogP contribution >= 0.6 is 0 Å². The summed E-state index contributed by atoms with van der Waals surface area (Å²) in [6.07, 6.45) is 4.59. The van der Waals surface area contributed by atoms with E-state index in [1.165, 1.54) is 24.3 Å². The average Bonchev–Trinajstić information content (AvgIpc) is 2.98. The van der Waals surface area contributed by atoms with Crippen LogP contribution in [0.25, 0.3) is 0 Å².